The van der Waals surface area contributed by atoms with Gasteiger partial charge in [-0.15, -0.1) is 0 Å². The number of carbonyl (C=O) groups is 1. The van der Waals surface area contributed by atoms with Gasteiger partial charge in [0.15, 0.2) is 11.6 Å². The van der Waals surface area contributed by atoms with Gasteiger partial charge < -0.3 is 10.1 Å². The maximum absolute atomic E-state index is 13.2. The van der Waals surface area contributed by atoms with Crippen LogP contribution in [0.4, 0.5) is 4.39 Å². The average molecular weight is 267 g/mol. The molecule has 0 aliphatic heterocycles. The predicted octanol–water partition coefficient (Wildman–Crippen LogP) is 3.15. The van der Waals surface area contributed by atoms with Crippen LogP contribution in [0.1, 0.15) is 33.1 Å². The predicted molar refractivity (Wildman–Crippen MR) is 73.6 cm³/mol. The Bertz CT molecular complexity index is 391. The number of amides is 1. The highest BCUT2D eigenvalue weighted by molar-refractivity contribution is 5.75. The van der Waals surface area contributed by atoms with E-state index in [0.29, 0.717) is 12.5 Å². The van der Waals surface area contributed by atoms with Gasteiger partial charge in [-0.25, -0.2) is 4.39 Å². The minimum absolute atomic E-state index is 0.0526. The molecule has 1 aromatic rings. The van der Waals surface area contributed by atoms with E-state index in [2.05, 4.69) is 19.2 Å². The van der Waals surface area contributed by atoms with E-state index in [-0.39, 0.29) is 24.7 Å². The molecule has 0 radical (unpaired) electrons. The summed E-state index contributed by atoms with van der Waals surface area (Å²) < 4.78 is 18.5. The molecule has 0 saturated carbocycles. The van der Waals surface area contributed by atoms with Gasteiger partial charge in [0.2, 0.25) is 5.91 Å². The monoisotopic (exact) mass is 267 g/mol. The summed E-state index contributed by atoms with van der Waals surface area (Å²) in [5.74, 6) is 0.259. The lowest BCUT2D eigenvalue weighted by Crippen LogP contribution is -2.29. The van der Waals surface area contributed by atoms with Gasteiger partial charge in [0.05, 0.1) is 13.0 Å². The fourth-order valence-electron chi connectivity index (χ4n) is 1.74. The quantitative estimate of drug-likeness (QED) is 0.785. The van der Waals surface area contributed by atoms with E-state index in [1.54, 1.807) is 18.2 Å². The summed E-state index contributed by atoms with van der Waals surface area (Å²) in [6.45, 7) is 5.12. The van der Waals surface area contributed by atoms with Crippen molar-refractivity contribution in [3.8, 4) is 5.75 Å². The Hall–Kier alpha value is -1.58. The fourth-order valence-corrected chi connectivity index (χ4v) is 1.74. The summed E-state index contributed by atoms with van der Waals surface area (Å²) >= 11 is 0. The van der Waals surface area contributed by atoms with E-state index in [1.807, 2.05) is 0 Å². The highest BCUT2D eigenvalue weighted by atomic mass is 19.1. The molecular weight excluding hydrogens is 245 g/mol. The summed E-state index contributed by atoms with van der Waals surface area (Å²) in [5, 5.41) is 2.87. The Kier molecular flexibility index (Phi) is 6.93. The number of rotatable bonds is 8. The maximum atomic E-state index is 13.2. The van der Waals surface area contributed by atoms with Crippen LogP contribution in [0.5, 0.6) is 5.75 Å². The van der Waals surface area contributed by atoms with Gasteiger partial charge in [0.25, 0.3) is 0 Å². The van der Waals surface area contributed by atoms with Crippen molar-refractivity contribution in [2.24, 2.45) is 5.92 Å². The van der Waals surface area contributed by atoms with Gasteiger partial charge in [0, 0.05) is 6.54 Å². The van der Waals surface area contributed by atoms with Gasteiger partial charge in [0.1, 0.15) is 0 Å². The molecule has 1 N–H and O–H groups in total. The molecule has 0 fully saturated rings. The first-order valence-corrected chi connectivity index (χ1v) is 6.81. The third-order valence-corrected chi connectivity index (χ3v) is 3.17. The summed E-state index contributed by atoms with van der Waals surface area (Å²) in [6.07, 6.45) is 2.36. The molecule has 0 spiro atoms. The SMILES string of the molecule is CCC(CC)CNC(=O)CCOc1ccccc1F. The summed E-state index contributed by atoms with van der Waals surface area (Å²) in [7, 11) is 0. The number of halogens is 1. The first-order valence-electron chi connectivity index (χ1n) is 6.81. The minimum atomic E-state index is -0.403. The van der Waals surface area contributed by atoms with E-state index < -0.39 is 5.82 Å². The largest absolute Gasteiger partial charge is 0.490 e. The van der Waals surface area contributed by atoms with Gasteiger partial charge in [-0.3, -0.25) is 4.79 Å². The van der Waals surface area contributed by atoms with Crippen molar-refractivity contribution in [2.45, 2.75) is 33.1 Å². The number of hydrogen-bond donors (Lipinski definition) is 1. The number of carbonyl (C=O) groups excluding carboxylic acids is 1. The molecule has 0 aromatic heterocycles. The lowest BCUT2D eigenvalue weighted by molar-refractivity contribution is -0.121. The molecule has 106 valence electrons. The van der Waals surface area contributed by atoms with Crippen molar-refractivity contribution < 1.29 is 13.9 Å². The molecule has 19 heavy (non-hydrogen) atoms. The Balaban J connectivity index is 2.22. The van der Waals surface area contributed by atoms with Crippen LogP contribution >= 0.6 is 0 Å². The second-order valence-corrected chi connectivity index (χ2v) is 4.52. The molecule has 0 unspecified atom stereocenters. The van der Waals surface area contributed by atoms with Gasteiger partial charge in [-0.1, -0.05) is 38.8 Å². The van der Waals surface area contributed by atoms with E-state index >= 15 is 0 Å². The molecule has 0 heterocycles. The van der Waals surface area contributed by atoms with Gasteiger partial charge in [-0.2, -0.15) is 0 Å². The number of hydrogen-bond acceptors (Lipinski definition) is 2. The third-order valence-electron chi connectivity index (χ3n) is 3.17. The van der Waals surface area contributed by atoms with Crippen molar-refractivity contribution in [1.29, 1.82) is 0 Å². The second kappa shape index (κ2) is 8.51. The van der Waals surface area contributed by atoms with E-state index in [1.165, 1.54) is 6.07 Å². The highest BCUT2D eigenvalue weighted by Crippen LogP contribution is 2.15. The molecule has 0 atom stereocenters. The van der Waals surface area contributed by atoms with Crippen molar-refractivity contribution in [3.05, 3.63) is 30.1 Å². The molecule has 1 rings (SSSR count). The Morgan fingerprint density at radius 3 is 2.63 bits per heavy atom. The summed E-state index contributed by atoms with van der Waals surface area (Å²) in [4.78, 5) is 11.6. The lowest BCUT2D eigenvalue weighted by atomic mass is 10.0. The molecule has 3 nitrogen and oxygen atoms in total. The van der Waals surface area contributed by atoms with Crippen LogP contribution in [0, 0.1) is 11.7 Å². The van der Waals surface area contributed by atoms with E-state index in [4.69, 9.17) is 4.74 Å². The topological polar surface area (TPSA) is 38.3 Å². The second-order valence-electron chi connectivity index (χ2n) is 4.52. The Morgan fingerprint density at radius 2 is 2.00 bits per heavy atom. The van der Waals surface area contributed by atoms with E-state index in [0.717, 1.165) is 12.8 Å². The molecule has 1 amide bonds. The van der Waals surface area contributed by atoms with Crippen LogP contribution in [0.15, 0.2) is 24.3 Å². The molecular formula is C15H22FNO2. The van der Waals surface area contributed by atoms with Crippen LogP contribution < -0.4 is 10.1 Å². The normalized spacial score (nSPS) is 10.5. The zero-order chi connectivity index (χ0) is 14.1. The molecule has 0 bridgehead atoms. The first kappa shape index (κ1) is 15.5. The Labute approximate surface area is 114 Å². The Morgan fingerprint density at radius 1 is 1.32 bits per heavy atom. The number of para-hydroxylation sites is 1. The number of ether oxygens (including phenoxy) is 1. The van der Waals surface area contributed by atoms with Crippen LogP contribution in [0.25, 0.3) is 0 Å². The molecule has 1 aromatic carbocycles. The van der Waals surface area contributed by atoms with Crippen molar-refractivity contribution in [2.75, 3.05) is 13.2 Å². The van der Waals surface area contributed by atoms with Gasteiger partial charge in [-0.05, 0) is 18.1 Å². The molecule has 4 heteroatoms. The van der Waals surface area contributed by atoms with Crippen molar-refractivity contribution in [3.63, 3.8) is 0 Å². The molecule has 0 aliphatic carbocycles. The summed E-state index contributed by atoms with van der Waals surface area (Å²) in [5.41, 5.74) is 0. The van der Waals surface area contributed by atoms with E-state index in [9.17, 15) is 9.18 Å². The molecule has 0 saturated heterocycles. The standard InChI is InChI=1S/C15H22FNO2/c1-3-12(4-2)11-17-15(18)9-10-19-14-8-6-5-7-13(14)16/h5-8,12H,3-4,9-11H2,1-2H3,(H,17,18). The smallest absolute Gasteiger partial charge is 0.223 e. The minimum Gasteiger partial charge on any atom is -0.490 e. The average Bonchev–Trinajstić information content (AvgIpc) is 2.42. The molecule has 0 aliphatic rings. The first-order chi connectivity index (χ1) is 9.17. The van der Waals surface area contributed by atoms with Crippen molar-refractivity contribution in [1.82, 2.24) is 5.32 Å². The fraction of sp³-hybridized carbons (Fsp3) is 0.533. The van der Waals surface area contributed by atoms with Crippen LogP contribution in [-0.2, 0) is 4.79 Å². The zero-order valence-electron chi connectivity index (χ0n) is 11.6. The third kappa shape index (κ3) is 5.73. The number of benzene rings is 1. The summed E-state index contributed by atoms with van der Waals surface area (Å²) in [6, 6.07) is 6.19. The lowest BCUT2D eigenvalue weighted by Gasteiger charge is -2.13. The zero-order valence-corrected chi connectivity index (χ0v) is 11.6. The number of nitrogens with one attached hydrogen (secondary N) is 1. The van der Waals surface area contributed by atoms with Gasteiger partial charge >= 0.3 is 0 Å². The highest BCUT2D eigenvalue weighted by Gasteiger charge is 2.07. The van der Waals surface area contributed by atoms with Crippen LogP contribution in [0.3, 0.4) is 0 Å². The van der Waals surface area contributed by atoms with Crippen LogP contribution in [0.2, 0.25) is 0 Å². The van der Waals surface area contributed by atoms with Crippen LogP contribution in [-0.4, -0.2) is 19.1 Å². The maximum Gasteiger partial charge on any atom is 0.223 e. The van der Waals surface area contributed by atoms with Crippen molar-refractivity contribution >= 4 is 5.91 Å².